The molecule has 7 nitrogen and oxygen atoms in total. The Morgan fingerprint density at radius 3 is 3.00 bits per heavy atom. The van der Waals surface area contributed by atoms with Gasteiger partial charge in [0.1, 0.15) is 5.69 Å². The molecule has 0 saturated carbocycles. The smallest absolute Gasteiger partial charge is 0.274 e. The lowest BCUT2D eigenvalue weighted by molar-refractivity contribution is 0.0780. The highest BCUT2D eigenvalue weighted by molar-refractivity contribution is 5.92. The van der Waals surface area contributed by atoms with Crippen molar-refractivity contribution in [2.75, 3.05) is 13.1 Å². The van der Waals surface area contributed by atoms with Crippen molar-refractivity contribution in [3.8, 4) is 0 Å². The minimum Gasteiger partial charge on any atom is -0.335 e. The summed E-state index contributed by atoms with van der Waals surface area (Å²) in [4.78, 5) is 21.8. The van der Waals surface area contributed by atoms with Crippen LogP contribution in [0.5, 0.6) is 0 Å². The van der Waals surface area contributed by atoms with E-state index in [1.807, 2.05) is 6.20 Å². The summed E-state index contributed by atoms with van der Waals surface area (Å²) < 4.78 is 1.80. The molecule has 92 valence electrons. The third-order valence-electron chi connectivity index (χ3n) is 3.05. The number of likely N-dealkylation sites (tertiary alicyclic amines) is 1. The molecule has 0 aromatic carbocycles. The Morgan fingerprint density at radius 2 is 2.28 bits per heavy atom. The summed E-state index contributed by atoms with van der Waals surface area (Å²) in [6.45, 7) is 1.35. The van der Waals surface area contributed by atoms with Crippen molar-refractivity contribution in [3.63, 3.8) is 0 Å². The number of amides is 1. The zero-order valence-corrected chi connectivity index (χ0v) is 9.68. The van der Waals surface area contributed by atoms with Gasteiger partial charge in [0.2, 0.25) is 0 Å². The molecule has 0 N–H and O–H groups in total. The van der Waals surface area contributed by atoms with Crippen molar-refractivity contribution >= 4 is 5.91 Å². The molecule has 1 atom stereocenters. The fraction of sp³-hybridized carbons (Fsp3) is 0.364. The Morgan fingerprint density at radius 1 is 1.33 bits per heavy atom. The van der Waals surface area contributed by atoms with Crippen LogP contribution in [-0.4, -0.2) is 48.9 Å². The third-order valence-corrected chi connectivity index (χ3v) is 3.05. The van der Waals surface area contributed by atoms with Gasteiger partial charge in [0, 0.05) is 31.7 Å². The quantitative estimate of drug-likeness (QED) is 0.751. The van der Waals surface area contributed by atoms with E-state index in [1.54, 1.807) is 22.0 Å². The Labute approximate surface area is 103 Å². The molecule has 18 heavy (non-hydrogen) atoms. The minimum absolute atomic E-state index is 0.0780. The van der Waals surface area contributed by atoms with Gasteiger partial charge in [-0.3, -0.25) is 9.78 Å². The molecule has 1 unspecified atom stereocenters. The number of rotatable bonds is 2. The van der Waals surface area contributed by atoms with Gasteiger partial charge in [-0.2, -0.15) is 0 Å². The van der Waals surface area contributed by atoms with E-state index in [0.717, 1.165) is 6.42 Å². The third kappa shape index (κ3) is 1.94. The Kier molecular flexibility index (Phi) is 2.71. The zero-order chi connectivity index (χ0) is 12.4. The number of aromatic nitrogens is 5. The zero-order valence-electron chi connectivity index (χ0n) is 9.68. The topological polar surface area (TPSA) is 76.8 Å². The fourth-order valence-electron chi connectivity index (χ4n) is 2.13. The molecular weight excluding hydrogens is 232 g/mol. The van der Waals surface area contributed by atoms with E-state index >= 15 is 0 Å². The van der Waals surface area contributed by atoms with Gasteiger partial charge in [-0.1, -0.05) is 5.21 Å². The average molecular weight is 244 g/mol. The lowest BCUT2D eigenvalue weighted by Gasteiger charge is -2.15. The summed E-state index contributed by atoms with van der Waals surface area (Å²) in [5.74, 6) is -0.0780. The van der Waals surface area contributed by atoms with Gasteiger partial charge in [-0.05, 0) is 6.42 Å². The molecule has 1 saturated heterocycles. The second-order valence-electron chi connectivity index (χ2n) is 4.17. The molecule has 2 aromatic heterocycles. The van der Waals surface area contributed by atoms with Gasteiger partial charge in [-0.15, -0.1) is 5.10 Å². The summed E-state index contributed by atoms with van der Waals surface area (Å²) in [5, 5.41) is 7.75. The van der Waals surface area contributed by atoms with Gasteiger partial charge in [-0.25, -0.2) is 9.67 Å². The van der Waals surface area contributed by atoms with Gasteiger partial charge in [0.25, 0.3) is 5.91 Å². The second kappa shape index (κ2) is 4.52. The van der Waals surface area contributed by atoms with E-state index in [2.05, 4.69) is 20.3 Å². The van der Waals surface area contributed by atoms with E-state index < -0.39 is 0 Å². The molecule has 0 spiro atoms. The van der Waals surface area contributed by atoms with Crippen LogP contribution in [-0.2, 0) is 0 Å². The standard InChI is InChI=1S/C11H12N6O/c18-11(10-7-12-2-3-13-10)16-5-1-9(8-16)17-6-4-14-15-17/h2-4,6-7,9H,1,5,8H2. The van der Waals surface area contributed by atoms with Crippen LogP contribution in [0, 0.1) is 0 Å². The van der Waals surface area contributed by atoms with E-state index in [-0.39, 0.29) is 11.9 Å². The lowest BCUT2D eigenvalue weighted by Crippen LogP contribution is -2.30. The number of carbonyl (C=O) groups is 1. The highest BCUT2D eigenvalue weighted by Crippen LogP contribution is 2.21. The van der Waals surface area contributed by atoms with Gasteiger partial charge in [0.05, 0.1) is 18.4 Å². The van der Waals surface area contributed by atoms with E-state index in [9.17, 15) is 4.79 Å². The molecule has 3 heterocycles. The normalized spacial score (nSPS) is 19.1. The summed E-state index contributed by atoms with van der Waals surface area (Å²) in [5.41, 5.74) is 0.386. The molecule has 1 aliphatic heterocycles. The summed E-state index contributed by atoms with van der Waals surface area (Å²) in [6, 6.07) is 0.202. The van der Waals surface area contributed by atoms with Crippen molar-refractivity contribution < 1.29 is 4.79 Å². The van der Waals surface area contributed by atoms with Crippen molar-refractivity contribution in [2.45, 2.75) is 12.5 Å². The predicted octanol–water partition coefficient (Wildman–Crippen LogP) is 0.155. The average Bonchev–Trinajstić information content (AvgIpc) is 3.09. The van der Waals surface area contributed by atoms with Crippen LogP contribution in [0.3, 0.4) is 0 Å². The Balaban J connectivity index is 1.71. The van der Waals surface area contributed by atoms with Crippen LogP contribution in [0.1, 0.15) is 23.0 Å². The molecule has 2 aromatic rings. The van der Waals surface area contributed by atoms with Gasteiger partial charge in [0.15, 0.2) is 0 Å². The number of carbonyl (C=O) groups excluding carboxylic acids is 1. The first-order valence-corrected chi connectivity index (χ1v) is 5.75. The predicted molar refractivity (Wildman–Crippen MR) is 61.6 cm³/mol. The maximum atomic E-state index is 12.1. The molecule has 7 heteroatoms. The van der Waals surface area contributed by atoms with E-state index in [4.69, 9.17) is 0 Å². The van der Waals surface area contributed by atoms with Crippen LogP contribution in [0.2, 0.25) is 0 Å². The van der Waals surface area contributed by atoms with Crippen LogP contribution in [0.15, 0.2) is 31.0 Å². The molecule has 1 amide bonds. The maximum absolute atomic E-state index is 12.1. The highest BCUT2D eigenvalue weighted by Gasteiger charge is 2.29. The summed E-state index contributed by atoms with van der Waals surface area (Å²) in [7, 11) is 0. The maximum Gasteiger partial charge on any atom is 0.274 e. The van der Waals surface area contributed by atoms with Crippen LogP contribution in [0.4, 0.5) is 0 Å². The summed E-state index contributed by atoms with van der Waals surface area (Å²) >= 11 is 0. The van der Waals surface area contributed by atoms with Crippen molar-refractivity contribution in [1.82, 2.24) is 29.9 Å². The van der Waals surface area contributed by atoms with Crippen molar-refractivity contribution in [3.05, 3.63) is 36.7 Å². The molecule has 3 rings (SSSR count). The molecule has 0 radical (unpaired) electrons. The van der Waals surface area contributed by atoms with Crippen LogP contribution < -0.4 is 0 Å². The molecule has 1 fully saturated rings. The number of hydrogen-bond acceptors (Lipinski definition) is 5. The van der Waals surface area contributed by atoms with E-state index in [1.165, 1.54) is 12.4 Å². The molecule has 1 aliphatic rings. The fourth-order valence-corrected chi connectivity index (χ4v) is 2.13. The monoisotopic (exact) mass is 244 g/mol. The summed E-state index contributed by atoms with van der Waals surface area (Å²) in [6.07, 6.45) is 8.92. The van der Waals surface area contributed by atoms with Crippen LogP contribution in [0.25, 0.3) is 0 Å². The highest BCUT2D eigenvalue weighted by atomic mass is 16.2. The first kappa shape index (κ1) is 10.8. The SMILES string of the molecule is O=C(c1cnccn1)N1CCC(n2ccnn2)C1. The lowest BCUT2D eigenvalue weighted by atomic mass is 10.3. The van der Waals surface area contributed by atoms with Gasteiger partial charge >= 0.3 is 0 Å². The second-order valence-corrected chi connectivity index (χ2v) is 4.17. The van der Waals surface area contributed by atoms with Gasteiger partial charge < -0.3 is 4.90 Å². The Hall–Kier alpha value is -2.31. The largest absolute Gasteiger partial charge is 0.335 e. The number of nitrogens with zero attached hydrogens (tertiary/aromatic N) is 6. The van der Waals surface area contributed by atoms with Crippen LogP contribution >= 0.6 is 0 Å². The van der Waals surface area contributed by atoms with Crippen molar-refractivity contribution in [2.24, 2.45) is 0 Å². The first-order chi connectivity index (χ1) is 8.84. The molecule has 0 aliphatic carbocycles. The molecule has 0 bridgehead atoms. The minimum atomic E-state index is -0.0780. The molecular formula is C11H12N6O. The first-order valence-electron chi connectivity index (χ1n) is 5.75. The van der Waals surface area contributed by atoms with Crippen molar-refractivity contribution in [1.29, 1.82) is 0 Å². The number of hydrogen-bond donors (Lipinski definition) is 0. The van der Waals surface area contributed by atoms with E-state index in [0.29, 0.717) is 18.8 Å². The Bertz CT molecular complexity index is 526.